The summed E-state index contributed by atoms with van der Waals surface area (Å²) in [6.07, 6.45) is 4.58. The number of ether oxygens (including phenoxy) is 1. The van der Waals surface area contributed by atoms with Crippen molar-refractivity contribution in [1.82, 2.24) is 10.2 Å². The molecule has 0 unspecified atom stereocenters. The lowest BCUT2D eigenvalue weighted by molar-refractivity contribution is -0.133. The molecular formula is C19H26N2O4. The van der Waals surface area contributed by atoms with Gasteiger partial charge in [-0.05, 0) is 18.4 Å². The molecule has 1 aromatic carbocycles. The maximum absolute atomic E-state index is 12.8. The summed E-state index contributed by atoms with van der Waals surface area (Å²) < 4.78 is 5.50. The quantitative estimate of drug-likeness (QED) is 0.774. The number of aliphatic hydroxyl groups is 1. The van der Waals surface area contributed by atoms with E-state index >= 15 is 0 Å². The van der Waals surface area contributed by atoms with Crippen LogP contribution in [-0.4, -0.2) is 46.7 Å². The normalized spacial score (nSPS) is 21.2. The molecule has 0 aromatic heterocycles. The molecule has 0 radical (unpaired) electrons. The maximum Gasteiger partial charge on any atom is 0.325 e. The summed E-state index contributed by atoms with van der Waals surface area (Å²) in [5.41, 5.74) is 0.264. The topological polar surface area (TPSA) is 78.9 Å². The Morgan fingerprint density at radius 1 is 1.12 bits per heavy atom. The average molecular weight is 346 g/mol. The Labute approximate surface area is 148 Å². The summed E-state index contributed by atoms with van der Waals surface area (Å²) in [6, 6.07) is 9.27. The van der Waals surface area contributed by atoms with E-state index in [1.54, 1.807) is 0 Å². The summed E-state index contributed by atoms with van der Waals surface area (Å²) in [4.78, 5) is 26.2. The molecule has 1 saturated carbocycles. The molecule has 0 bridgehead atoms. The van der Waals surface area contributed by atoms with Crippen molar-refractivity contribution in [3.63, 3.8) is 0 Å². The van der Waals surface area contributed by atoms with Crippen LogP contribution >= 0.6 is 0 Å². The number of hydrogen-bond donors (Lipinski definition) is 2. The second kappa shape index (κ2) is 7.97. The van der Waals surface area contributed by atoms with Gasteiger partial charge in [0.15, 0.2) is 0 Å². The van der Waals surface area contributed by atoms with Crippen molar-refractivity contribution in [2.75, 3.05) is 13.2 Å². The lowest BCUT2D eigenvalue weighted by atomic mass is 9.90. The molecule has 2 fully saturated rings. The fourth-order valence-electron chi connectivity index (χ4n) is 3.66. The largest absolute Gasteiger partial charge is 0.389 e. The Hall–Kier alpha value is -1.92. The Bertz CT molecular complexity index is 597. The smallest absolute Gasteiger partial charge is 0.325 e. The Morgan fingerprint density at radius 2 is 1.80 bits per heavy atom. The third kappa shape index (κ3) is 4.19. The van der Waals surface area contributed by atoms with Gasteiger partial charge in [-0.25, -0.2) is 4.79 Å². The van der Waals surface area contributed by atoms with Crippen LogP contribution in [0.25, 0.3) is 0 Å². The van der Waals surface area contributed by atoms with Gasteiger partial charge >= 0.3 is 6.03 Å². The van der Waals surface area contributed by atoms with Gasteiger partial charge in [-0.3, -0.25) is 9.69 Å². The highest BCUT2D eigenvalue weighted by atomic mass is 16.5. The number of β-amino-alcohol motifs (C(OH)–C–C–N with tert-alkyl or cyclic N) is 1. The van der Waals surface area contributed by atoms with Gasteiger partial charge in [-0.15, -0.1) is 0 Å². The SMILES string of the molecule is O=C1NC2(CCCCCC2)C(=O)N1C[C@@H](O)COCc1ccccc1. The van der Waals surface area contributed by atoms with Gasteiger partial charge in [-0.2, -0.15) is 0 Å². The van der Waals surface area contributed by atoms with Crippen LogP contribution in [0.15, 0.2) is 30.3 Å². The van der Waals surface area contributed by atoms with E-state index in [9.17, 15) is 14.7 Å². The third-order valence-electron chi connectivity index (χ3n) is 5.02. The van der Waals surface area contributed by atoms with Gasteiger partial charge in [0.1, 0.15) is 5.54 Å². The van der Waals surface area contributed by atoms with Crippen molar-refractivity contribution in [1.29, 1.82) is 0 Å². The van der Waals surface area contributed by atoms with Crippen molar-refractivity contribution < 1.29 is 19.4 Å². The molecule has 2 aliphatic rings. The number of urea groups is 1. The zero-order valence-electron chi connectivity index (χ0n) is 14.4. The molecule has 1 aliphatic heterocycles. The lowest BCUT2D eigenvalue weighted by Gasteiger charge is -2.25. The van der Waals surface area contributed by atoms with E-state index in [0.29, 0.717) is 19.4 Å². The number of rotatable bonds is 6. The number of benzene rings is 1. The predicted molar refractivity (Wildman–Crippen MR) is 92.8 cm³/mol. The lowest BCUT2D eigenvalue weighted by Crippen LogP contribution is -2.47. The second-order valence-electron chi connectivity index (χ2n) is 7.00. The molecule has 1 aliphatic carbocycles. The number of carbonyl (C=O) groups is 2. The number of nitrogens with zero attached hydrogens (tertiary/aromatic N) is 1. The van der Waals surface area contributed by atoms with Crippen LogP contribution in [0.1, 0.15) is 44.1 Å². The number of aliphatic hydroxyl groups excluding tert-OH is 1. The van der Waals surface area contributed by atoms with Crippen molar-refractivity contribution in [2.24, 2.45) is 0 Å². The van der Waals surface area contributed by atoms with E-state index < -0.39 is 17.7 Å². The minimum Gasteiger partial charge on any atom is -0.389 e. The van der Waals surface area contributed by atoms with Crippen molar-refractivity contribution in [3.05, 3.63) is 35.9 Å². The minimum absolute atomic E-state index is 0.0266. The van der Waals surface area contributed by atoms with Crippen LogP contribution in [0.2, 0.25) is 0 Å². The molecule has 1 aromatic rings. The monoisotopic (exact) mass is 346 g/mol. The predicted octanol–water partition coefficient (Wildman–Crippen LogP) is 2.21. The highest BCUT2D eigenvalue weighted by Gasteiger charge is 2.50. The standard InChI is InChI=1S/C19H26N2O4/c22-16(14-25-13-15-8-4-3-5-9-15)12-21-17(23)19(20-18(21)24)10-6-1-2-7-11-19/h3-5,8-9,16,22H,1-2,6-7,10-14H2,(H,20,24)/t16-/m1/s1. The second-order valence-corrected chi connectivity index (χ2v) is 7.00. The zero-order chi connectivity index (χ0) is 17.7. The molecule has 2 N–H and O–H groups in total. The van der Waals surface area contributed by atoms with Gasteiger partial charge in [0.25, 0.3) is 5.91 Å². The van der Waals surface area contributed by atoms with Gasteiger partial charge in [0.2, 0.25) is 0 Å². The fourth-order valence-corrected chi connectivity index (χ4v) is 3.66. The van der Waals surface area contributed by atoms with Gasteiger partial charge < -0.3 is 15.2 Å². The van der Waals surface area contributed by atoms with Crippen LogP contribution in [0.5, 0.6) is 0 Å². The number of carbonyl (C=O) groups excluding carboxylic acids is 2. The summed E-state index contributed by atoms with van der Waals surface area (Å²) >= 11 is 0. The number of amides is 3. The molecule has 1 saturated heterocycles. The Morgan fingerprint density at radius 3 is 2.48 bits per heavy atom. The minimum atomic E-state index is -0.889. The third-order valence-corrected chi connectivity index (χ3v) is 5.02. The molecule has 6 nitrogen and oxygen atoms in total. The highest BCUT2D eigenvalue weighted by molar-refractivity contribution is 6.07. The van der Waals surface area contributed by atoms with Gasteiger partial charge in [-0.1, -0.05) is 56.0 Å². The summed E-state index contributed by atoms with van der Waals surface area (Å²) in [6.45, 7) is 0.447. The maximum atomic E-state index is 12.8. The molecule has 3 amide bonds. The summed E-state index contributed by atoms with van der Waals surface area (Å²) in [5.74, 6) is -0.193. The van der Waals surface area contributed by atoms with Crippen LogP contribution < -0.4 is 5.32 Å². The molecule has 1 atom stereocenters. The van der Waals surface area contributed by atoms with E-state index in [1.165, 1.54) is 0 Å². The fraction of sp³-hybridized carbons (Fsp3) is 0.579. The first kappa shape index (κ1) is 17.9. The first-order valence-electron chi connectivity index (χ1n) is 9.05. The molecule has 6 heteroatoms. The molecule has 136 valence electrons. The van der Waals surface area contributed by atoms with Crippen molar-refractivity contribution in [2.45, 2.75) is 56.8 Å². The van der Waals surface area contributed by atoms with Crippen LogP contribution in [0.3, 0.4) is 0 Å². The first-order chi connectivity index (χ1) is 12.1. The first-order valence-corrected chi connectivity index (χ1v) is 9.05. The zero-order valence-corrected chi connectivity index (χ0v) is 14.4. The molecule has 1 spiro atoms. The number of imide groups is 1. The summed E-state index contributed by atoms with van der Waals surface area (Å²) in [5, 5.41) is 13.0. The van der Waals surface area contributed by atoms with E-state index in [-0.39, 0.29) is 19.1 Å². The van der Waals surface area contributed by atoms with Crippen molar-refractivity contribution in [3.8, 4) is 0 Å². The van der Waals surface area contributed by atoms with E-state index in [4.69, 9.17) is 4.74 Å². The Balaban J connectivity index is 1.51. The number of nitrogens with one attached hydrogen (secondary N) is 1. The van der Waals surface area contributed by atoms with Crippen molar-refractivity contribution >= 4 is 11.9 Å². The van der Waals surface area contributed by atoms with Crippen LogP contribution in [-0.2, 0) is 16.1 Å². The molecular weight excluding hydrogens is 320 g/mol. The van der Waals surface area contributed by atoms with Crippen LogP contribution in [0.4, 0.5) is 4.79 Å². The highest BCUT2D eigenvalue weighted by Crippen LogP contribution is 2.32. The van der Waals surface area contributed by atoms with E-state index in [2.05, 4.69) is 5.32 Å². The van der Waals surface area contributed by atoms with Crippen LogP contribution in [0, 0.1) is 0 Å². The molecule has 1 heterocycles. The van der Waals surface area contributed by atoms with E-state index in [0.717, 1.165) is 36.1 Å². The van der Waals surface area contributed by atoms with Gasteiger partial charge in [0.05, 0.1) is 25.9 Å². The molecule has 25 heavy (non-hydrogen) atoms. The summed E-state index contributed by atoms with van der Waals surface area (Å²) in [7, 11) is 0. The van der Waals surface area contributed by atoms with E-state index in [1.807, 2.05) is 30.3 Å². The molecule has 3 rings (SSSR count). The number of hydrogen-bond acceptors (Lipinski definition) is 4. The average Bonchev–Trinajstić information content (AvgIpc) is 2.77. The van der Waals surface area contributed by atoms with Gasteiger partial charge in [0, 0.05) is 0 Å². The Kier molecular flexibility index (Phi) is 5.71.